The van der Waals surface area contributed by atoms with Crippen LogP contribution in [0.2, 0.25) is 0 Å². The topological polar surface area (TPSA) is 61.9 Å². The van der Waals surface area contributed by atoms with Crippen LogP contribution in [-0.2, 0) is 9.53 Å². The van der Waals surface area contributed by atoms with Gasteiger partial charge in [-0.2, -0.15) is 0 Å². The number of hydrogen-bond acceptors (Lipinski definition) is 4. The Hall–Kier alpha value is -2.31. The van der Waals surface area contributed by atoms with Gasteiger partial charge in [-0.25, -0.2) is 9.18 Å². The zero-order valence-corrected chi connectivity index (χ0v) is 11.8. The van der Waals surface area contributed by atoms with Crippen LogP contribution in [0.25, 0.3) is 0 Å². The Labute approximate surface area is 122 Å². The fraction of sp³-hybridized carbons (Fsp3) is 0.429. The van der Waals surface area contributed by atoms with Gasteiger partial charge in [0.2, 0.25) is 5.91 Å². The third kappa shape index (κ3) is 3.84. The number of hydrogen-bond donors (Lipinski definition) is 1. The number of para-hydroxylation sites is 1. The number of halogens is 1. The zero-order valence-electron chi connectivity index (χ0n) is 11.8. The highest BCUT2D eigenvalue weighted by Gasteiger charge is 2.22. The van der Waals surface area contributed by atoms with Crippen molar-refractivity contribution in [2.45, 2.75) is 0 Å². The van der Waals surface area contributed by atoms with E-state index in [1.165, 1.54) is 13.2 Å². The van der Waals surface area contributed by atoms with Gasteiger partial charge < -0.3 is 19.9 Å². The van der Waals surface area contributed by atoms with Gasteiger partial charge in [0.1, 0.15) is 12.4 Å². The Kier molecular flexibility index (Phi) is 4.97. The molecule has 0 aliphatic carbocycles. The molecule has 1 aliphatic heterocycles. The molecule has 0 unspecified atom stereocenters. The third-order valence-electron chi connectivity index (χ3n) is 3.39. The molecule has 2 rings (SSSR count). The summed E-state index contributed by atoms with van der Waals surface area (Å²) < 4.78 is 18.1. The molecule has 0 atom stereocenters. The highest BCUT2D eigenvalue weighted by molar-refractivity contribution is 5.82. The first-order valence-corrected chi connectivity index (χ1v) is 6.71. The number of ether oxygens (including phenoxy) is 1. The Bertz CT molecular complexity index is 516. The number of alkyl carbamates (subject to hydrolysis) is 1. The fourth-order valence-corrected chi connectivity index (χ4v) is 2.24. The number of methoxy groups -OCH3 is 1. The average Bonchev–Trinajstić information content (AvgIpc) is 2.53. The van der Waals surface area contributed by atoms with E-state index in [1.54, 1.807) is 23.1 Å². The molecular weight excluding hydrogens is 277 g/mol. The molecule has 0 radical (unpaired) electrons. The van der Waals surface area contributed by atoms with Crippen LogP contribution in [-0.4, -0.2) is 56.7 Å². The number of carbonyl (C=O) groups excluding carboxylic acids is 2. The van der Waals surface area contributed by atoms with E-state index in [-0.39, 0.29) is 18.3 Å². The maximum Gasteiger partial charge on any atom is 0.407 e. The van der Waals surface area contributed by atoms with E-state index in [9.17, 15) is 14.0 Å². The first kappa shape index (κ1) is 15.1. The predicted octanol–water partition coefficient (Wildman–Crippen LogP) is 0.830. The van der Waals surface area contributed by atoms with Gasteiger partial charge in [-0.1, -0.05) is 12.1 Å². The Morgan fingerprint density at radius 2 is 1.90 bits per heavy atom. The summed E-state index contributed by atoms with van der Waals surface area (Å²) in [5.41, 5.74) is 0.553. The molecule has 0 saturated carbocycles. The maximum atomic E-state index is 13.7. The summed E-state index contributed by atoms with van der Waals surface area (Å²) in [5.74, 6) is -0.432. The first-order chi connectivity index (χ1) is 10.1. The number of anilines is 1. The molecule has 0 spiro atoms. The van der Waals surface area contributed by atoms with Crippen molar-refractivity contribution in [1.82, 2.24) is 10.2 Å². The number of carbonyl (C=O) groups is 2. The van der Waals surface area contributed by atoms with Crippen molar-refractivity contribution in [2.24, 2.45) is 0 Å². The second-order valence-corrected chi connectivity index (χ2v) is 4.66. The Morgan fingerprint density at radius 3 is 2.52 bits per heavy atom. The number of piperazine rings is 1. The highest BCUT2D eigenvalue weighted by Crippen LogP contribution is 2.19. The lowest BCUT2D eigenvalue weighted by atomic mass is 10.2. The summed E-state index contributed by atoms with van der Waals surface area (Å²) in [7, 11) is 1.24. The minimum absolute atomic E-state index is 0.0909. The first-order valence-electron chi connectivity index (χ1n) is 6.71. The van der Waals surface area contributed by atoms with Gasteiger partial charge in [0.25, 0.3) is 0 Å². The summed E-state index contributed by atoms with van der Waals surface area (Å²) in [4.78, 5) is 26.4. The van der Waals surface area contributed by atoms with E-state index >= 15 is 0 Å². The maximum absolute atomic E-state index is 13.7. The van der Waals surface area contributed by atoms with Crippen LogP contribution in [0, 0.1) is 5.82 Å². The van der Waals surface area contributed by atoms with Crippen LogP contribution < -0.4 is 10.2 Å². The number of amides is 2. The van der Waals surface area contributed by atoms with Gasteiger partial charge in [-0.15, -0.1) is 0 Å². The van der Waals surface area contributed by atoms with Gasteiger partial charge in [-0.3, -0.25) is 4.79 Å². The normalized spacial score (nSPS) is 14.8. The van der Waals surface area contributed by atoms with E-state index in [4.69, 9.17) is 0 Å². The molecule has 0 bridgehead atoms. The van der Waals surface area contributed by atoms with Crippen molar-refractivity contribution in [1.29, 1.82) is 0 Å². The minimum Gasteiger partial charge on any atom is -0.453 e. The molecule has 1 saturated heterocycles. The Morgan fingerprint density at radius 1 is 1.24 bits per heavy atom. The monoisotopic (exact) mass is 295 g/mol. The molecule has 0 aromatic heterocycles. The molecule has 2 amide bonds. The summed E-state index contributed by atoms with van der Waals surface area (Å²) >= 11 is 0. The molecule has 7 heteroatoms. The van der Waals surface area contributed by atoms with Gasteiger partial charge in [0, 0.05) is 26.2 Å². The van der Waals surface area contributed by atoms with Gasteiger partial charge in [-0.05, 0) is 12.1 Å². The number of nitrogens with zero attached hydrogens (tertiary/aromatic N) is 2. The van der Waals surface area contributed by atoms with Gasteiger partial charge in [0.05, 0.1) is 12.8 Å². The molecule has 1 aliphatic rings. The lowest BCUT2D eigenvalue weighted by Gasteiger charge is -2.36. The van der Waals surface area contributed by atoms with Crippen molar-refractivity contribution in [2.75, 3.05) is 44.7 Å². The molecule has 114 valence electrons. The molecule has 1 aromatic carbocycles. The summed E-state index contributed by atoms with van der Waals surface area (Å²) in [6.07, 6.45) is -0.631. The SMILES string of the molecule is COC(=O)NCC(=O)N1CCN(c2ccccc2F)CC1. The molecule has 1 aromatic rings. The van der Waals surface area contributed by atoms with Crippen molar-refractivity contribution in [3.8, 4) is 0 Å². The van der Waals surface area contributed by atoms with E-state index < -0.39 is 6.09 Å². The van der Waals surface area contributed by atoms with Crippen molar-refractivity contribution >= 4 is 17.7 Å². The van der Waals surface area contributed by atoms with Crippen molar-refractivity contribution < 1.29 is 18.7 Å². The van der Waals surface area contributed by atoms with Crippen LogP contribution in [0.1, 0.15) is 0 Å². The highest BCUT2D eigenvalue weighted by atomic mass is 19.1. The van der Waals surface area contributed by atoms with Crippen LogP contribution in [0.3, 0.4) is 0 Å². The number of rotatable bonds is 3. The zero-order chi connectivity index (χ0) is 15.2. The van der Waals surface area contributed by atoms with Crippen LogP contribution in [0.15, 0.2) is 24.3 Å². The van der Waals surface area contributed by atoms with Crippen LogP contribution in [0.5, 0.6) is 0 Å². The van der Waals surface area contributed by atoms with Crippen molar-refractivity contribution in [3.05, 3.63) is 30.1 Å². The molecule has 21 heavy (non-hydrogen) atoms. The quantitative estimate of drug-likeness (QED) is 0.897. The predicted molar refractivity (Wildman–Crippen MR) is 75.6 cm³/mol. The average molecular weight is 295 g/mol. The molecule has 1 N–H and O–H groups in total. The molecule has 1 fully saturated rings. The van der Waals surface area contributed by atoms with E-state index in [2.05, 4.69) is 10.1 Å². The summed E-state index contributed by atoms with van der Waals surface area (Å²) in [5, 5.41) is 2.36. The summed E-state index contributed by atoms with van der Waals surface area (Å²) in [6, 6.07) is 6.59. The van der Waals surface area contributed by atoms with Gasteiger partial charge >= 0.3 is 6.09 Å². The lowest BCUT2D eigenvalue weighted by molar-refractivity contribution is -0.130. The standard InChI is InChI=1S/C14H18FN3O3/c1-21-14(20)16-10-13(19)18-8-6-17(7-9-18)12-5-3-2-4-11(12)15/h2-5H,6-10H2,1H3,(H,16,20). The lowest BCUT2D eigenvalue weighted by Crippen LogP contribution is -2.51. The minimum atomic E-state index is -0.631. The fourth-order valence-electron chi connectivity index (χ4n) is 2.24. The van der Waals surface area contributed by atoms with Crippen LogP contribution >= 0.6 is 0 Å². The largest absolute Gasteiger partial charge is 0.453 e. The van der Waals surface area contributed by atoms with Crippen LogP contribution in [0.4, 0.5) is 14.9 Å². The number of benzene rings is 1. The third-order valence-corrected chi connectivity index (χ3v) is 3.39. The number of nitrogens with one attached hydrogen (secondary N) is 1. The van der Waals surface area contributed by atoms with E-state index in [1.807, 2.05) is 4.90 Å². The second kappa shape index (κ2) is 6.92. The Balaban J connectivity index is 1.84. The van der Waals surface area contributed by atoms with E-state index in [0.29, 0.717) is 31.9 Å². The van der Waals surface area contributed by atoms with Gasteiger partial charge in [0.15, 0.2) is 0 Å². The van der Waals surface area contributed by atoms with E-state index in [0.717, 1.165) is 0 Å². The smallest absolute Gasteiger partial charge is 0.407 e. The molecule has 6 nitrogen and oxygen atoms in total. The van der Waals surface area contributed by atoms with Crippen molar-refractivity contribution in [3.63, 3.8) is 0 Å². The summed E-state index contributed by atoms with van der Waals surface area (Å²) in [6.45, 7) is 2.02. The second-order valence-electron chi connectivity index (χ2n) is 4.66. The molecular formula is C14H18FN3O3. The molecule has 1 heterocycles.